The topological polar surface area (TPSA) is 63.4 Å². The molecule has 1 aliphatic heterocycles. The Balaban J connectivity index is 1.64. The molecule has 4 rings (SSSR count). The molecule has 1 aliphatic rings. The van der Waals surface area contributed by atoms with E-state index in [9.17, 15) is 9.18 Å². The Labute approximate surface area is 144 Å². The van der Waals surface area contributed by atoms with Crippen molar-refractivity contribution >= 4 is 11.7 Å². The minimum absolute atomic E-state index is 0.0642. The van der Waals surface area contributed by atoms with E-state index in [0.29, 0.717) is 17.9 Å². The Morgan fingerprint density at radius 3 is 2.96 bits per heavy atom. The third-order valence-electron chi connectivity index (χ3n) is 4.67. The molecule has 1 amide bonds. The van der Waals surface area contributed by atoms with E-state index in [0.717, 1.165) is 25.0 Å². The van der Waals surface area contributed by atoms with E-state index in [1.165, 1.54) is 12.4 Å². The second-order valence-corrected chi connectivity index (χ2v) is 6.21. The largest absolute Gasteiger partial charge is 0.334 e. The molecule has 128 valence electrons. The maximum atomic E-state index is 13.9. The van der Waals surface area contributed by atoms with Crippen molar-refractivity contribution in [3.8, 4) is 0 Å². The zero-order chi connectivity index (χ0) is 17.2. The van der Waals surface area contributed by atoms with E-state index in [1.807, 2.05) is 11.0 Å². The summed E-state index contributed by atoms with van der Waals surface area (Å²) >= 11 is 0. The Hall–Kier alpha value is -2.83. The Morgan fingerprint density at radius 2 is 2.08 bits per heavy atom. The summed E-state index contributed by atoms with van der Waals surface area (Å²) in [6.45, 7) is 0.663. The molecule has 0 bridgehead atoms. The van der Waals surface area contributed by atoms with Crippen molar-refractivity contribution in [1.29, 1.82) is 0 Å². The van der Waals surface area contributed by atoms with Gasteiger partial charge in [0.1, 0.15) is 12.1 Å². The zero-order valence-corrected chi connectivity index (χ0v) is 13.7. The minimum atomic E-state index is -0.341. The van der Waals surface area contributed by atoms with Gasteiger partial charge < -0.3 is 4.90 Å². The molecule has 7 heteroatoms. The third-order valence-corrected chi connectivity index (χ3v) is 4.67. The highest BCUT2D eigenvalue weighted by molar-refractivity contribution is 5.79. The lowest BCUT2D eigenvalue weighted by atomic mass is 9.98. The molecule has 1 saturated heterocycles. The first-order valence-corrected chi connectivity index (χ1v) is 8.41. The summed E-state index contributed by atoms with van der Waals surface area (Å²) in [6.07, 6.45) is 6.04. The Kier molecular flexibility index (Phi) is 4.13. The molecule has 25 heavy (non-hydrogen) atoms. The van der Waals surface area contributed by atoms with E-state index in [1.54, 1.807) is 28.9 Å². The van der Waals surface area contributed by atoms with Gasteiger partial charge in [0.05, 0.1) is 18.2 Å². The van der Waals surface area contributed by atoms with Gasteiger partial charge in [0.2, 0.25) is 5.91 Å². The van der Waals surface area contributed by atoms with Gasteiger partial charge in [-0.1, -0.05) is 18.2 Å². The van der Waals surface area contributed by atoms with Crippen molar-refractivity contribution in [3.63, 3.8) is 0 Å². The van der Waals surface area contributed by atoms with Gasteiger partial charge in [-0.2, -0.15) is 14.6 Å². The van der Waals surface area contributed by atoms with Gasteiger partial charge in [0.25, 0.3) is 5.78 Å². The molecule has 0 aliphatic carbocycles. The molecule has 0 N–H and O–H groups in total. The highest BCUT2D eigenvalue weighted by atomic mass is 19.1. The van der Waals surface area contributed by atoms with Crippen molar-refractivity contribution < 1.29 is 9.18 Å². The summed E-state index contributed by atoms with van der Waals surface area (Å²) in [4.78, 5) is 23.0. The monoisotopic (exact) mass is 339 g/mol. The van der Waals surface area contributed by atoms with Crippen molar-refractivity contribution in [1.82, 2.24) is 24.5 Å². The number of aromatic nitrogens is 4. The maximum absolute atomic E-state index is 13.9. The number of carbonyl (C=O) groups excluding carboxylic acids is 1. The number of halogens is 1. The molecule has 2 aromatic heterocycles. The maximum Gasteiger partial charge on any atom is 0.252 e. The van der Waals surface area contributed by atoms with Crippen LogP contribution in [0.5, 0.6) is 0 Å². The fourth-order valence-electron chi connectivity index (χ4n) is 3.45. The van der Waals surface area contributed by atoms with Gasteiger partial charge in [-0.15, -0.1) is 0 Å². The SMILES string of the molecule is O=C(Cc1ccccc1F)N1CCCC[C@@H]1c1ccnc2ncnn12. The lowest BCUT2D eigenvalue weighted by Crippen LogP contribution is -2.40. The van der Waals surface area contributed by atoms with Gasteiger partial charge in [-0.25, -0.2) is 9.37 Å². The van der Waals surface area contributed by atoms with Gasteiger partial charge in [0, 0.05) is 12.7 Å². The Morgan fingerprint density at radius 1 is 1.20 bits per heavy atom. The summed E-state index contributed by atoms with van der Waals surface area (Å²) in [6, 6.07) is 8.21. The third kappa shape index (κ3) is 2.97. The average molecular weight is 339 g/mol. The van der Waals surface area contributed by atoms with Crippen LogP contribution in [0.3, 0.4) is 0 Å². The van der Waals surface area contributed by atoms with Crippen molar-refractivity contribution in [2.24, 2.45) is 0 Å². The molecule has 6 nitrogen and oxygen atoms in total. The molecule has 1 atom stereocenters. The number of benzene rings is 1. The zero-order valence-electron chi connectivity index (χ0n) is 13.7. The second kappa shape index (κ2) is 6.58. The number of carbonyl (C=O) groups is 1. The molecule has 3 heterocycles. The number of hydrogen-bond acceptors (Lipinski definition) is 4. The highest BCUT2D eigenvalue weighted by Crippen LogP contribution is 2.31. The average Bonchev–Trinajstić information content (AvgIpc) is 3.12. The normalized spacial score (nSPS) is 17.8. The van der Waals surface area contributed by atoms with Crippen molar-refractivity contribution in [2.75, 3.05) is 6.54 Å². The van der Waals surface area contributed by atoms with Crippen LogP contribution in [-0.2, 0) is 11.2 Å². The second-order valence-electron chi connectivity index (χ2n) is 6.21. The number of likely N-dealkylation sites (tertiary alicyclic amines) is 1. The van der Waals surface area contributed by atoms with Crippen LogP contribution in [0.4, 0.5) is 4.39 Å². The lowest BCUT2D eigenvalue weighted by molar-refractivity contribution is -0.134. The molecular weight excluding hydrogens is 321 g/mol. The molecule has 0 spiro atoms. The van der Waals surface area contributed by atoms with Crippen LogP contribution in [0.2, 0.25) is 0 Å². The van der Waals surface area contributed by atoms with E-state index in [4.69, 9.17) is 0 Å². The van der Waals surface area contributed by atoms with Gasteiger partial charge in [0.15, 0.2) is 0 Å². The molecule has 1 aromatic carbocycles. The minimum Gasteiger partial charge on any atom is -0.334 e. The van der Waals surface area contributed by atoms with Crippen LogP contribution in [0.15, 0.2) is 42.9 Å². The summed E-state index contributed by atoms with van der Waals surface area (Å²) in [5, 5.41) is 4.23. The smallest absolute Gasteiger partial charge is 0.252 e. The standard InChI is InChI=1S/C18H18FN5O/c19-14-6-2-1-5-13(14)11-17(25)23-10-4-3-7-15(23)16-8-9-20-18-21-12-22-24(16)18/h1-2,5-6,8-9,12,15H,3-4,7,10-11H2/t15-/m1/s1. The predicted molar refractivity (Wildman–Crippen MR) is 89.2 cm³/mol. The summed E-state index contributed by atoms with van der Waals surface area (Å²) in [7, 11) is 0. The first-order valence-electron chi connectivity index (χ1n) is 8.41. The van der Waals surface area contributed by atoms with Crippen LogP contribution in [0.1, 0.15) is 36.6 Å². The van der Waals surface area contributed by atoms with E-state index < -0.39 is 0 Å². The Bertz CT molecular complexity index is 909. The van der Waals surface area contributed by atoms with E-state index >= 15 is 0 Å². The van der Waals surface area contributed by atoms with Crippen LogP contribution in [0, 0.1) is 5.82 Å². The lowest BCUT2D eigenvalue weighted by Gasteiger charge is -2.36. The van der Waals surface area contributed by atoms with Gasteiger partial charge in [-0.05, 0) is 37.0 Å². The molecular formula is C18H18FN5O. The number of hydrogen-bond donors (Lipinski definition) is 0. The number of piperidine rings is 1. The molecule has 1 fully saturated rings. The fraction of sp³-hybridized carbons (Fsp3) is 0.333. The molecule has 0 unspecified atom stereocenters. The number of amides is 1. The first kappa shape index (κ1) is 15.7. The van der Waals surface area contributed by atoms with Gasteiger partial charge >= 0.3 is 0 Å². The highest BCUT2D eigenvalue weighted by Gasteiger charge is 2.30. The van der Waals surface area contributed by atoms with Crippen LogP contribution >= 0.6 is 0 Å². The van der Waals surface area contributed by atoms with E-state index in [2.05, 4.69) is 15.1 Å². The predicted octanol–water partition coefficient (Wildman–Crippen LogP) is 2.56. The van der Waals surface area contributed by atoms with Crippen molar-refractivity contribution in [3.05, 3.63) is 59.9 Å². The van der Waals surface area contributed by atoms with Crippen molar-refractivity contribution in [2.45, 2.75) is 31.7 Å². The van der Waals surface area contributed by atoms with Crippen LogP contribution < -0.4 is 0 Å². The molecule has 0 radical (unpaired) electrons. The summed E-state index contributed by atoms with van der Waals surface area (Å²) < 4.78 is 15.6. The molecule has 3 aromatic rings. The summed E-state index contributed by atoms with van der Waals surface area (Å²) in [5.41, 5.74) is 1.32. The number of fused-ring (bicyclic) bond motifs is 1. The molecule has 0 saturated carbocycles. The number of rotatable bonds is 3. The fourth-order valence-corrected chi connectivity index (χ4v) is 3.45. The van der Waals surface area contributed by atoms with Crippen LogP contribution in [-0.4, -0.2) is 36.9 Å². The van der Waals surface area contributed by atoms with Crippen LogP contribution in [0.25, 0.3) is 5.78 Å². The quantitative estimate of drug-likeness (QED) is 0.736. The van der Waals surface area contributed by atoms with E-state index in [-0.39, 0.29) is 24.2 Å². The van der Waals surface area contributed by atoms with Gasteiger partial charge in [-0.3, -0.25) is 4.79 Å². The summed E-state index contributed by atoms with van der Waals surface area (Å²) in [5.74, 6) is 0.108. The first-order chi connectivity index (χ1) is 12.2. The number of nitrogens with zero attached hydrogens (tertiary/aromatic N) is 5.